The molecule has 178 valence electrons. The van der Waals surface area contributed by atoms with Gasteiger partial charge in [0.1, 0.15) is 0 Å². The Morgan fingerprint density at radius 3 is 2.70 bits per heavy atom. The van der Waals surface area contributed by atoms with E-state index < -0.39 is 5.76 Å². The SMILES string of the molecule is COc1ccc([C@]23CC[C@H](NC(=O)c4cccc(SC(F)F)c4)C[C@@H]2CN(C)C3)cc1OC. The first-order valence-electron chi connectivity index (χ1n) is 11.1. The van der Waals surface area contributed by atoms with Crippen molar-refractivity contribution in [2.24, 2.45) is 5.92 Å². The predicted molar refractivity (Wildman–Crippen MR) is 126 cm³/mol. The van der Waals surface area contributed by atoms with E-state index in [0.717, 1.165) is 38.1 Å². The van der Waals surface area contributed by atoms with Gasteiger partial charge in [0.25, 0.3) is 11.7 Å². The zero-order valence-electron chi connectivity index (χ0n) is 19.1. The zero-order valence-corrected chi connectivity index (χ0v) is 20.0. The molecule has 1 aliphatic carbocycles. The monoisotopic (exact) mass is 476 g/mol. The van der Waals surface area contributed by atoms with E-state index in [9.17, 15) is 13.6 Å². The van der Waals surface area contributed by atoms with Gasteiger partial charge >= 0.3 is 0 Å². The fourth-order valence-corrected chi connectivity index (χ4v) is 6.09. The summed E-state index contributed by atoms with van der Waals surface area (Å²) in [4.78, 5) is 15.6. The van der Waals surface area contributed by atoms with Gasteiger partial charge in [-0.3, -0.25) is 4.79 Å². The number of amides is 1. The van der Waals surface area contributed by atoms with Crippen LogP contribution in [0.25, 0.3) is 0 Å². The number of nitrogens with zero attached hydrogens (tertiary/aromatic N) is 1. The zero-order chi connectivity index (χ0) is 23.6. The average Bonchev–Trinajstić information content (AvgIpc) is 3.14. The minimum absolute atomic E-state index is 0.00332. The van der Waals surface area contributed by atoms with Crippen molar-refractivity contribution >= 4 is 17.7 Å². The lowest BCUT2D eigenvalue weighted by Crippen LogP contribution is -2.47. The van der Waals surface area contributed by atoms with Crippen molar-refractivity contribution in [3.05, 3.63) is 53.6 Å². The van der Waals surface area contributed by atoms with E-state index in [4.69, 9.17) is 9.47 Å². The number of benzene rings is 2. The number of likely N-dealkylation sites (N-methyl/N-ethyl adjacent to an activating group) is 1. The molecule has 2 aliphatic rings. The van der Waals surface area contributed by atoms with Gasteiger partial charge in [0.2, 0.25) is 0 Å². The van der Waals surface area contributed by atoms with E-state index in [2.05, 4.69) is 29.4 Å². The first-order valence-corrected chi connectivity index (χ1v) is 12.0. The summed E-state index contributed by atoms with van der Waals surface area (Å²) in [6, 6.07) is 12.7. The number of thioether (sulfide) groups is 1. The molecule has 0 spiro atoms. The second-order valence-electron chi connectivity index (χ2n) is 8.97. The van der Waals surface area contributed by atoms with E-state index in [1.807, 2.05) is 6.07 Å². The summed E-state index contributed by atoms with van der Waals surface area (Å²) in [6.07, 6.45) is 2.68. The number of likely N-dealkylation sites (tertiary alicyclic amines) is 1. The molecule has 1 saturated heterocycles. The van der Waals surface area contributed by atoms with Gasteiger partial charge in [0.15, 0.2) is 11.5 Å². The third kappa shape index (κ3) is 4.96. The van der Waals surface area contributed by atoms with E-state index in [0.29, 0.717) is 33.9 Å². The number of fused-ring (bicyclic) bond motifs is 1. The Morgan fingerprint density at radius 1 is 1.18 bits per heavy atom. The standard InChI is InChI=1S/C25H30F2N2O3S/c1-29-14-18-12-19(28-23(30)16-5-4-6-20(11-16)33-24(26)27)9-10-25(18,15-29)17-7-8-21(31-2)22(13-17)32-3/h4-8,11,13,18-19,24H,9-10,12,14-15H2,1-3H3,(H,28,30)/t18-,19+,25-/m1/s1. The van der Waals surface area contributed by atoms with Crippen LogP contribution < -0.4 is 14.8 Å². The highest BCUT2D eigenvalue weighted by atomic mass is 32.2. The molecule has 3 atom stereocenters. The number of methoxy groups -OCH3 is 2. The summed E-state index contributed by atoms with van der Waals surface area (Å²) in [5.74, 6) is -0.879. The highest BCUT2D eigenvalue weighted by Gasteiger charge is 2.50. The molecule has 1 saturated carbocycles. The molecule has 1 N–H and O–H groups in total. The van der Waals surface area contributed by atoms with Crippen LogP contribution in [0, 0.1) is 5.92 Å². The molecular formula is C25H30F2N2O3S. The highest BCUT2D eigenvalue weighted by Crippen LogP contribution is 2.49. The average molecular weight is 477 g/mol. The smallest absolute Gasteiger partial charge is 0.288 e. The van der Waals surface area contributed by atoms with Crippen LogP contribution in [0.1, 0.15) is 35.2 Å². The third-order valence-electron chi connectivity index (χ3n) is 6.99. The lowest BCUT2D eigenvalue weighted by molar-refractivity contribution is 0.0904. The molecule has 8 heteroatoms. The van der Waals surface area contributed by atoms with Crippen molar-refractivity contribution in [2.45, 2.75) is 41.4 Å². The summed E-state index contributed by atoms with van der Waals surface area (Å²) in [7, 11) is 5.43. The predicted octanol–water partition coefficient (Wildman–Crippen LogP) is 4.80. The Hall–Kier alpha value is -2.32. The van der Waals surface area contributed by atoms with Gasteiger partial charge in [-0.2, -0.15) is 8.78 Å². The minimum atomic E-state index is -2.51. The van der Waals surface area contributed by atoms with Gasteiger partial charge in [-0.05, 0) is 68.1 Å². The Morgan fingerprint density at radius 2 is 1.97 bits per heavy atom. The topological polar surface area (TPSA) is 50.8 Å². The second-order valence-corrected chi connectivity index (χ2v) is 10.0. The molecule has 0 unspecified atom stereocenters. The molecule has 0 bridgehead atoms. The first-order chi connectivity index (χ1) is 15.8. The highest BCUT2D eigenvalue weighted by molar-refractivity contribution is 7.99. The molecule has 2 aromatic rings. The number of rotatable bonds is 7. The number of ether oxygens (including phenoxy) is 2. The summed E-state index contributed by atoms with van der Waals surface area (Å²) in [5.41, 5.74) is 1.67. The normalized spacial score (nSPS) is 25.0. The van der Waals surface area contributed by atoms with Crippen LogP contribution in [0.15, 0.2) is 47.4 Å². The molecule has 33 heavy (non-hydrogen) atoms. The fraction of sp³-hybridized carbons (Fsp3) is 0.480. The molecule has 4 rings (SSSR count). The van der Waals surface area contributed by atoms with Gasteiger partial charge in [0.05, 0.1) is 14.2 Å². The van der Waals surface area contributed by atoms with Crippen molar-refractivity contribution in [3.8, 4) is 11.5 Å². The Labute approximate surface area is 197 Å². The third-order valence-corrected chi connectivity index (χ3v) is 7.69. The number of alkyl halides is 2. The lowest BCUT2D eigenvalue weighted by atomic mass is 9.63. The fourth-order valence-electron chi connectivity index (χ4n) is 5.53. The maximum atomic E-state index is 12.9. The van der Waals surface area contributed by atoms with E-state index in [1.54, 1.807) is 32.4 Å². The Bertz CT molecular complexity index is 1010. The summed E-state index contributed by atoms with van der Waals surface area (Å²) < 4.78 is 36.4. The number of carbonyl (C=O) groups excluding carboxylic acids is 1. The first kappa shape index (κ1) is 23.8. The van der Waals surface area contributed by atoms with Crippen LogP contribution in [0.2, 0.25) is 0 Å². The van der Waals surface area contributed by atoms with Crippen LogP contribution in [-0.2, 0) is 5.41 Å². The van der Waals surface area contributed by atoms with Gasteiger partial charge < -0.3 is 19.7 Å². The van der Waals surface area contributed by atoms with Crippen molar-refractivity contribution in [1.29, 1.82) is 0 Å². The van der Waals surface area contributed by atoms with E-state index in [-0.39, 0.29) is 17.4 Å². The van der Waals surface area contributed by atoms with Crippen LogP contribution in [0.5, 0.6) is 11.5 Å². The maximum absolute atomic E-state index is 12.9. The number of nitrogens with one attached hydrogen (secondary N) is 1. The summed E-state index contributed by atoms with van der Waals surface area (Å²) >= 11 is 0.453. The number of hydrogen-bond donors (Lipinski definition) is 1. The molecular weight excluding hydrogens is 446 g/mol. The van der Waals surface area contributed by atoms with Gasteiger partial charge in [-0.15, -0.1) is 0 Å². The number of carbonyl (C=O) groups is 1. The molecule has 1 amide bonds. The Balaban J connectivity index is 1.49. The molecule has 1 aliphatic heterocycles. The molecule has 1 heterocycles. The summed E-state index contributed by atoms with van der Waals surface area (Å²) in [5, 5.41) is 3.15. The Kier molecular flexibility index (Phi) is 7.14. The maximum Gasteiger partial charge on any atom is 0.288 e. The molecule has 5 nitrogen and oxygen atoms in total. The molecule has 0 radical (unpaired) electrons. The van der Waals surface area contributed by atoms with Gasteiger partial charge in [-0.25, -0.2) is 0 Å². The van der Waals surface area contributed by atoms with Crippen LogP contribution >= 0.6 is 11.8 Å². The minimum Gasteiger partial charge on any atom is -0.493 e. The molecule has 2 aromatic carbocycles. The van der Waals surface area contributed by atoms with Crippen LogP contribution in [-0.4, -0.2) is 57.0 Å². The van der Waals surface area contributed by atoms with Crippen LogP contribution in [0.4, 0.5) is 8.78 Å². The van der Waals surface area contributed by atoms with E-state index >= 15 is 0 Å². The van der Waals surface area contributed by atoms with Gasteiger partial charge in [-0.1, -0.05) is 23.9 Å². The van der Waals surface area contributed by atoms with Gasteiger partial charge in [0, 0.05) is 35.0 Å². The van der Waals surface area contributed by atoms with Crippen molar-refractivity contribution in [3.63, 3.8) is 0 Å². The van der Waals surface area contributed by atoms with E-state index in [1.165, 1.54) is 11.6 Å². The van der Waals surface area contributed by atoms with Crippen LogP contribution in [0.3, 0.4) is 0 Å². The largest absolute Gasteiger partial charge is 0.493 e. The quantitative estimate of drug-likeness (QED) is 0.582. The molecule has 0 aromatic heterocycles. The summed E-state index contributed by atoms with van der Waals surface area (Å²) in [6.45, 7) is 1.92. The van der Waals surface area contributed by atoms with Crippen molar-refractivity contribution in [2.75, 3.05) is 34.4 Å². The number of halogens is 2. The van der Waals surface area contributed by atoms with Crippen molar-refractivity contribution in [1.82, 2.24) is 10.2 Å². The van der Waals surface area contributed by atoms with Crippen molar-refractivity contribution < 1.29 is 23.0 Å². The number of hydrogen-bond acceptors (Lipinski definition) is 5. The second kappa shape index (κ2) is 9.89. The lowest BCUT2D eigenvalue weighted by Gasteiger charge is -2.43. The molecule has 2 fully saturated rings.